The lowest BCUT2D eigenvalue weighted by atomic mass is 10.2. The number of pyridine rings is 1. The molecule has 0 saturated heterocycles. The fourth-order valence-corrected chi connectivity index (χ4v) is 2.28. The van der Waals surface area contributed by atoms with E-state index in [0.29, 0.717) is 17.3 Å². The zero-order valence-corrected chi connectivity index (χ0v) is 13.0. The molecule has 1 aromatic carbocycles. The first-order valence-corrected chi connectivity index (χ1v) is 7.37. The molecule has 0 unspecified atom stereocenters. The van der Waals surface area contributed by atoms with Crippen molar-refractivity contribution in [3.05, 3.63) is 71.3 Å². The molecule has 2 heterocycles. The standard InChI is InChI=1S/C16H12ClF3N4/c17-14-10-21-7-5-11(14)9-22-12-1-3-13(4-2-12)24-8-6-15(23-24)16(18,19)20/h1-8,10,22H,9H2. The first-order valence-electron chi connectivity index (χ1n) is 6.99. The molecule has 2 aromatic heterocycles. The Labute approximate surface area is 140 Å². The van der Waals surface area contributed by atoms with E-state index < -0.39 is 11.9 Å². The summed E-state index contributed by atoms with van der Waals surface area (Å²) in [7, 11) is 0. The maximum absolute atomic E-state index is 12.6. The van der Waals surface area contributed by atoms with E-state index in [4.69, 9.17) is 11.6 Å². The average molecular weight is 353 g/mol. The lowest BCUT2D eigenvalue weighted by molar-refractivity contribution is -0.141. The molecule has 1 N–H and O–H groups in total. The summed E-state index contributed by atoms with van der Waals surface area (Å²) in [6.45, 7) is 0.515. The van der Waals surface area contributed by atoms with Crippen LogP contribution in [0.2, 0.25) is 5.02 Å². The monoisotopic (exact) mass is 352 g/mol. The van der Waals surface area contributed by atoms with Gasteiger partial charge in [0.1, 0.15) is 0 Å². The van der Waals surface area contributed by atoms with Crippen molar-refractivity contribution >= 4 is 17.3 Å². The van der Waals surface area contributed by atoms with E-state index in [1.165, 1.54) is 10.9 Å². The van der Waals surface area contributed by atoms with E-state index >= 15 is 0 Å². The summed E-state index contributed by atoms with van der Waals surface area (Å²) in [5.74, 6) is 0. The van der Waals surface area contributed by atoms with Gasteiger partial charge in [0.15, 0.2) is 5.69 Å². The van der Waals surface area contributed by atoms with E-state index in [1.807, 2.05) is 6.07 Å². The normalized spacial score (nSPS) is 11.5. The summed E-state index contributed by atoms with van der Waals surface area (Å²) in [4.78, 5) is 3.91. The van der Waals surface area contributed by atoms with Gasteiger partial charge in [-0.25, -0.2) is 4.68 Å². The third-order valence-corrected chi connectivity index (χ3v) is 3.69. The Morgan fingerprint density at radius 3 is 2.46 bits per heavy atom. The zero-order chi connectivity index (χ0) is 17.2. The molecular weight excluding hydrogens is 341 g/mol. The average Bonchev–Trinajstić information content (AvgIpc) is 3.05. The predicted octanol–water partition coefficient (Wildman–Crippen LogP) is 4.55. The molecular formula is C16H12ClF3N4. The lowest BCUT2D eigenvalue weighted by Gasteiger charge is -2.09. The van der Waals surface area contributed by atoms with E-state index in [0.717, 1.165) is 17.3 Å². The van der Waals surface area contributed by atoms with Crippen LogP contribution in [0.25, 0.3) is 5.69 Å². The second-order valence-electron chi connectivity index (χ2n) is 5.01. The number of rotatable bonds is 4. The highest BCUT2D eigenvalue weighted by molar-refractivity contribution is 6.31. The van der Waals surface area contributed by atoms with Gasteiger partial charge in [0.05, 0.1) is 10.7 Å². The van der Waals surface area contributed by atoms with Crippen LogP contribution >= 0.6 is 11.6 Å². The number of alkyl halides is 3. The van der Waals surface area contributed by atoms with Crippen LogP contribution in [-0.4, -0.2) is 14.8 Å². The van der Waals surface area contributed by atoms with Gasteiger partial charge in [-0.2, -0.15) is 18.3 Å². The Balaban J connectivity index is 1.69. The number of anilines is 1. The van der Waals surface area contributed by atoms with Crippen molar-refractivity contribution in [1.29, 1.82) is 0 Å². The second-order valence-corrected chi connectivity index (χ2v) is 5.42. The van der Waals surface area contributed by atoms with Crippen molar-refractivity contribution in [2.45, 2.75) is 12.7 Å². The van der Waals surface area contributed by atoms with Crippen molar-refractivity contribution in [3.63, 3.8) is 0 Å². The summed E-state index contributed by atoms with van der Waals surface area (Å²) in [6, 6.07) is 9.65. The van der Waals surface area contributed by atoms with E-state index in [2.05, 4.69) is 15.4 Å². The molecule has 0 bridgehead atoms. The van der Waals surface area contributed by atoms with Crippen molar-refractivity contribution in [2.75, 3.05) is 5.32 Å². The number of nitrogens with one attached hydrogen (secondary N) is 1. The molecule has 0 atom stereocenters. The van der Waals surface area contributed by atoms with Crippen LogP contribution in [0, 0.1) is 0 Å². The molecule has 0 amide bonds. The van der Waals surface area contributed by atoms with Crippen LogP contribution in [0.4, 0.5) is 18.9 Å². The maximum Gasteiger partial charge on any atom is 0.435 e. The van der Waals surface area contributed by atoms with E-state index in [-0.39, 0.29) is 0 Å². The van der Waals surface area contributed by atoms with Crippen LogP contribution in [0.5, 0.6) is 0 Å². The SMILES string of the molecule is FC(F)(F)c1ccn(-c2ccc(NCc3ccncc3Cl)cc2)n1. The quantitative estimate of drug-likeness (QED) is 0.749. The minimum atomic E-state index is -4.45. The van der Waals surface area contributed by atoms with Gasteiger partial charge in [-0.15, -0.1) is 0 Å². The lowest BCUT2D eigenvalue weighted by Crippen LogP contribution is -2.07. The number of aromatic nitrogens is 3. The Morgan fingerprint density at radius 1 is 1.08 bits per heavy atom. The predicted molar refractivity (Wildman–Crippen MR) is 85.1 cm³/mol. The summed E-state index contributed by atoms with van der Waals surface area (Å²) in [5, 5.41) is 7.29. The summed E-state index contributed by atoms with van der Waals surface area (Å²) < 4.78 is 38.9. The molecule has 0 radical (unpaired) electrons. The molecule has 8 heteroatoms. The highest BCUT2D eigenvalue weighted by Crippen LogP contribution is 2.28. The Kier molecular flexibility index (Phi) is 4.44. The first kappa shape index (κ1) is 16.3. The minimum absolute atomic E-state index is 0.515. The summed E-state index contributed by atoms with van der Waals surface area (Å²) in [6.07, 6.45) is 0.0537. The smallest absolute Gasteiger partial charge is 0.381 e. The Bertz CT molecular complexity index is 828. The molecule has 0 fully saturated rings. The third-order valence-electron chi connectivity index (χ3n) is 3.35. The van der Waals surface area contributed by atoms with Crippen LogP contribution in [0.3, 0.4) is 0 Å². The Hall–Kier alpha value is -2.54. The second kappa shape index (κ2) is 6.52. The van der Waals surface area contributed by atoms with Crippen LogP contribution < -0.4 is 5.32 Å². The van der Waals surface area contributed by atoms with Crippen LogP contribution in [0.15, 0.2) is 55.0 Å². The van der Waals surface area contributed by atoms with Crippen molar-refractivity contribution < 1.29 is 13.2 Å². The minimum Gasteiger partial charge on any atom is -0.381 e. The zero-order valence-electron chi connectivity index (χ0n) is 12.3. The van der Waals surface area contributed by atoms with Crippen LogP contribution in [0.1, 0.15) is 11.3 Å². The fraction of sp³-hybridized carbons (Fsp3) is 0.125. The number of hydrogen-bond acceptors (Lipinski definition) is 3. The highest BCUT2D eigenvalue weighted by atomic mass is 35.5. The number of hydrogen-bond donors (Lipinski definition) is 1. The summed E-state index contributed by atoms with van der Waals surface area (Å²) in [5.41, 5.74) is 1.34. The van der Waals surface area contributed by atoms with Gasteiger partial charge in [0.2, 0.25) is 0 Å². The molecule has 0 aliphatic heterocycles. The topological polar surface area (TPSA) is 42.7 Å². The molecule has 4 nitrogen and oxygen atoms in total. The number of nitrogens with zero attached hydrogens (tertiary/aromatic N) is 3. The molecule has 24 heavy (non-hydrogen) atoms. The van der Waals surface area contributed by atoms with Gasteiger partial charge in [-0.05, 0) is 42.0 Å². The van der Waals surface area contributed by atoms with Crippen LogP contribution in [-0.2, 0) is 12.7 Å². The van der Waals surface area contributed by atoms with Gasteiger partial charge >= 0.3 is 6.18 Å². The fourth-order valence-electron chi connectivity index (χ4n) is 2.10. The van der Waals surface area contributed by atoms with Gasteiger partial charge < -0.3 is 5.32 Å². The molecule has 0 spiro atoms. The van der Waals surface area contributed by atoms with E-state index in [1.54, 1.807) is 36.7 Å². The van der Waals surface area contributed by atoms with E-state index in [9.17, 15) is 13.2 Å². The first-order chi connectivity index (χ1) is 11.4. The van der Waals surface area contributed by atoms with Crippen molar-refractivity contribution in [3.8, 4) is 5.69 Å². The largest absolute Gasteiger partial charge is 0.435 e. The van der Waals surface area contributed by atoms with Gasteiger partial charge in [0, 0.05) is 30.8 Å². The highest BCUT2D eigenvalue weighted by Gasteiger charge is 2.33. The van der Waals surface area contributed by atoms with Gasteiger partial charge in [-0.1, -0.05) is 11.6 Å². The maximum atomic E-state index is 12.6. The Morgan fingerprint density at radius 2 is 1.83 bits per heavy atom. The third kappa shape index (κ3) is 3.68. The van der Waals surface area contributed by atoms with Gasteiger partial charge in [0.25, 0.3) is 0 Å². The van der Waals surface area contributed by atoms with Gasteiger partial charge in [-0.3, -0.25) is 4.98 Å². The molecule has 0 saturated carbocycles. The molecule has 0 aliphatic carbocycles. The molecule has 0 aliphatic rings. The van der Waals surface area contributed by atoms with Crippen molar-refractivity contribution in [1.82, 2.24) is 14.8 Å². The van der Waals surface area contributed by atoms with Crippen molar-refractivity contribution in [2.24, 2.45) is 0 Å². The number of benzene rings is 1. The molecule has 3 aromatic rings. The number of halogens is 4. The molecule has 124 valence electrons. The summed E-state index contributed by atoms with van der Waals surface area (Å²) >= 11 is 6.03. The molecule has 3 rings (SSSR count).